The minimum absolute atomic E-state index is 0.0243. The second-order valence-electron chi connectivity index (χ2n) is 13.5. The van der Waals surface area contributed by atoms with Crippen LogP contribution in [0, 0.1) is 11.8 Å². The maximum absolute atomic E-state index is 13.3. The highest BCUT2D eigenvalue weighted by Crippen LogP contribution is 2.65. The molecule has 6 atom stereocenters. The molecule has 202 valence electrons. The molecule has 1 N–H and O–H groups in total. The highest BCUT2D eigenvalue weighted by Gasteiger charge is 2.73. The number of benzene rings is 1. The van der Waals surface area contributed by atoms with Gasteiger partial charge in [0.1, 0.15) is 5.75 Å². The molecule has 0 aromatic heterocycles. The van der Waals surface area contributed by atoms with E-state index in [1.807, 2.05) is 13.0 Å². The van der Waals surface area contributed by atoms with Crippen LogP contribution in [-0.4, -0.2) is 67.5 Å². The standard InChI is InChI=1S/C29H41NO6Si/c1-7-34-26(32)19-14-18(19)16-30-13-12-28-23-17-8-9-21(36-37(5,6)27(2,3)4)24(23)35-25(28)20(31)10-11-29(28,33)22(30)15-17/h8-9,18-19,22,25,33H,7,10-16H2,1-6H3/t18-,19+,22+,25-,28-,29+/m0/s1. The molecule has 3 fully saturated rings. The molecule has 2 bridgehead atoms. The quantitative estimate of drug-likeness (QED) is 0.442. The highest BCUT2D eigenvalue weighted by molar-refractivity contribution is 6.74. The van der Waals surface area contributed by atoms with Crippen molar-refractivity contribution >= 4 is 20.1 Å². The van der Waals surface area contributed by atoms with Gasteiger partial charge in [0, 0.05) is 24.6 Å². The van der Waals surface area contributed by atoms with Crippen molar-refractivity contribution in [3.63, 3.8) is 0 Å². The fourth-order valence-electron chi connectivity index (χ4n) is 7.42. The van der Waals surface area contributed by atoms with Gasteiger partial charge in [-0.1, -0.05) is 26.8 Å². The topological polar surface area (TPSA) is 85.3 Å². The molecule has 1 saturated heterocycles. The van der Waals surface area contributed by atoms with Crippen LogP contribution in [0.25, 0.3) is 0 Å². The minimum atomic E-state index is -2.14. The van der Waals surface area contributed by atoms with E-state index in [9.17, 15) is 14.7 Å². The van der Waals surface area contributed by atoms with E-state index < -0.39 is 25.4 Å². The average Bonchev–Trinajstić information content (AvgIpc) is 3.48. The lowest BCUT2D eigenvalue weighted by atomic mass is 9.49. The van der Waals surface area contributed by atoms with Gasteiger partial charge in [0.25, 0.3) is 8.32 Å². The van der Waals surface area contributed by atoms with E-state index in [4.69, 9.17) is 13.9 Å². The van der Waals surface area contributed by atoms with Crippen molar-refractivity contribution in [3.8, 4) is 11.5 Å². The summed E-state index contributed by atoms with van der Waals surface area (Å²) in [5, 5.41) is 12.6. The van der Waals surface area contributed by atoms with Crippen LogP contribution in [0.3, 0.4) is 0 Å². The number of rotatable bonds is 6. The Hall–Kier alpha value is -1.90. The maximum Gasteiger partial charge on any atom is 0.309 e. The Morgan fingerprint density at radius 3 is 2.73 bits per heavy atom. The van der Waals surface area contributed by atoms with Gasteiger partial charge in [-0.05, 0) is 74.8 Å². The van der Waals surface area contributed by atoms with E-state index >= 15 is 0 Å². The van der Waals surface area contributed by atoms with Crippen molar-refractivity contribution < 1.29 is 28.6 Å². The van der Waals surface area contributed by atoms with Crippen molar-refractivity contribution in [1.82, 2.24) is 4.90 Å². The molecule has 6 rings (SSSR count). The van der Waals surface area contributed by atoms with E-state index in [2.05, 4.69) is 44.8 Å². The summed E-state index contributed by atoms with van der Waals surface area (Å²) in [4.78, 5) is 28.0. The molecule has 0 amide bonds. The Morgan fingerprint density at radius 1 is 1.27 bits per heavy atom. The summed E-state index contributed by atoms with van der Waals surface area (Å²) in [5.41, 5.74) is 0.401. The lowest BCUT2D eigenvalue weighted by Crippen LogP contribution is -2.76. The van der Waals surface area contributed by atoms with E-state index in [0.717, 1.165) is 36.4 Å². The second kappa shape index (κ2) is 8.05. The summed E-state index contributed by atoms with van der Waals surface area (Å²) in [6.45, 7) is 14.9. The summed E-state index contributed by atoms with van der Waals surface area (Å²) in [6.07, 6.45) is 2.33. The zero-order valence-corrected chi connectivity index (χ0v) is 24.1. The Labute approximate surface area is 221 Å². The van der Waals surface area contributed by atoms with Crippen LogP contribution in [0.2, 0.25) is 18.1 Å². The van der Waals surface area contributed by atoms with Gasteiger partial charge in [0.05, 0.1) is 23.5 Å². The number of aliphatic hydroxyl groups is 1. The number of likely N-dealkylation sites (tertiary alicyclic amines) is 1. The molecule has 0 unspecified atom stereocenters. The Bertz CT molecular complexity index is 1160. The number of esters is 1. The summed E-state index contributed by atoms with van der Waals surface area (Å²) in [7, 11) is -2.14. The largest absolute Gasteiger partial charge is 0.541 e. The van der Waals surface area contributed by atoms with Crippen LogP contribution in [0.15, 0.2) is 12.1 Å². The Kier molecular flexibility index (Phi) is 5.52. The summed E-state index contributed by atoms with van der Waals surface area (Å²) >= 11 is 0. The average molecular weight is 528 g/mol. The van der Waals surface area contributed by atoms with Crippen LogP contribution >= 0.6 is 0 Å². The molecule has 1 spiro atoms. The molecular weight excluding hydrogens is 486 g/mol. The molecule has 3 aliphatic carbocycles. The maximum atomic E-state index is 13.3. The number of ether oxygens (including phenoxy) is 2. The van der Waals surface area contributed by atoms with Gasteiger partial charge >= 0.3 is 5.97 Å². The predicted molar refractivity (Wildman–Crippen MR) is 141 cm³/mol. The number of piperidine rings is 1. The number of carbonyl (C=O) groups excluding carboxylic acids is 2. The third kappa shape index (κ3) is 3.44. The first kappa shape index (κ1) is 25.4. The third-order valence-electron chi connectivity index (χ3n) is 10.5. The number of Topliss-reactive ketones (excluding diaryl/α,β-unsaturated/α-hetero) is 1. The molecule has 2 aliphatic heterocycles. The number of ketones is 1. The van der Waals surface area contributed by atoms with Crippen molar-refractivity contribution in [3.05, 3.63) is 23.3 Å². The fraction of sp³-hybridized carbons (Fsp3) is 0.724. The van der Waals surface area contributed by atoms with E-state index in [-0.39, 0.29) is 34.7 Å². The molecule has 2 saturated carbocycles. The Balaban J connectivity index is 1.37. The predicted octanol–water partition coefficient (Wildman–Crippen LogP) is 3.99. The smallest absolute Gasteiger partial charge is 0.309 e. The molecule has 0 radical (unpaired) electrons. The highest BCUT2D eigenvalue weighted by atomic mass is 28.4. The van der Waals surface area contributed by atoms with Gasteiger partial charge in [0.2, 0.25) is 0 Å². The summed E-state index contributed by atoms with van der Waals surface area (Å²) in [6, 6.07) is 4.06. The second-order valence-corrected chi connectivity index (χ2v) is 18.2. The lowest BCUT2D eigenvalue weighted by molar-refractivity contribution is -0.189. The van der Waals surface area contributed by atoms with Gasteiger partial charge in [-0.2, -0.15) is 0 Å². The molecular formula is C29H41NO6Si. The van der Waals surface area contributed by atoms with Crippen molar-refractivity contribution in [2.24, 2.45) is 11.8 Å². The van der Waals surface area contributed by atoms with Gasteiger partial charge < -0.3 is 19.0 Å². The summed E-state index contributed by atoms with van der Waals surface area (Å²) < 4.78 is 18.5. The minimum Gasteiger partial charge on any atom is -0.541 e. The first-order valence-electron chi connectivity index (χ1n) is 14.0. The van der Waals surface area contributed by atoms with Gasteiger partial charge in [-0.25, -0.2) is 0 Å². The zero-order valence-electron chi connectivity index (χ0n) is 23.1. The number of hydrogen-bond donors (Lipinski definition) is 1. The van der Waals surface area contributed by atoms with Crippen LogP contribution in [0.4, 0.5) is 0 Å². The van der Waals surface area contributed by atoms with E-state index in [0.29, 0.717) is 38.0 Å². The normalized spacial score (nSPS) is 36.0. The molecule has 37 heavy (non-hydrogen) atoms. The first-order valence-corrected chi connectivity index (χ1v) is 16.9. The third-order valence-corrected chi connectivity index (χ3v) is 14.8. The zero-order chi connectivity index (χ0) is 26.5. The van der Waals surface area contributed by atoms with Crippen LogP contribution < -0.4 is 9.16 Å². The molecule has 5 aliphatic rings. The molecule has 7 nitrogen and oxygen atoms in total. The van der Waals surface area contributed by atoms with E-state index in [1.54, 1.807) is 0 Å². The number of carbonyl (C=O) groups is 2. The van der Waals surface area contributed by atoms with Crippen molar-refractivity contribution in [2.75, 3.05) is 19.7 Å². The number of nitrogens with zero attached hydrogens (tertiary/aromatic N) is 1. The monoisotopic (exact) mass is 527 g/mol. The molecule has 2 heterocycles. The van der Waals surface area contributed by atoms with Crippen LogP contribution in [0.1, 0.15) is 64.5 Å². The van der Waals surface area contributed by atoms with Gasteiger partial charge in [0.15, 0.2) is 17.6 Å². The van der Waals surface area contributed by atoms with Crippen LogP contribution in [0.5, 0.6) is 11.5 Å². The number of hydrogen-bond acceptors (Lipinski definition) is 7. The molecule has 8 heteroatoms. The van der Waals surface area contributed by atoms with Gasteiger partial charge in [-0.15, -0.1) is 0 Å². The van der Waals surface area contributed by atoms with E-state index in [1.165, 1.54) is 0 Å². The lowest BCUT2D eigenvalue weighted by Gasteiger charge is -2.62. The SMILES string of the molecule is CCOC(=O)[C@@H]1C[C@H]1CN1CC[C@]23c4c5ccc(O[Si](C)(C)C(C)(C)C)c4O[C@H]2C(=O)CC[C@@]3(O)[C@H]1C5. The van der Waals surface area contributed by atoms with Crippen LogP contribution in [-0.2, 0) is 26.2 Å². The molecule has 1 aromatic carbocycles. The first-order chi connectivity index (χ1) is 17.3. The fourth-order valence-corrected chi connectivity index (χ4v) is 8.43. The van der Waals surface area contributed by atoms with Gasteiger partial charge in [-0.3, -0.25) is 14.5 Å². The Morgan fingerprint density at radius 2 is 2.03 bits per heavy atom. The summed E-state index contributed by atoms with van der Waals surface area (Å²) in [5.74, 6) is 1.65. The molecule has 1 aromatic rings. The van der Waals surface area contributed by atoms with Crippen molar-refractivity contribution in [1.29, 1.82) is 0 Å². The van der Waals surface area contributed by atoms with Crippen molar-refractivity contribution in [2.45, 2.75) is 101 Å².